The molecule has 0 radical (unpaired) electrons. The van der Waals surface area contributed by atoms with E-state index in [1.807, 2.05) is 36.4 Å². The number of H-pyrrole nitrogens is 1. The molecule has 25 heavy (non-hydrogen) atoms. The third kappa shape index (κ3) is 4.00. The van der Waals surface area contributed by atoms with Gasteiger partial charge in [-0.2, -0.15) is 0 Å². The molecule has 0 saturated heterocycles. The van der Waals surface area contributed by atoms with Gasteiger partial charge in [0.2, 0.25) is 0 Å². The average Bonchev–Trinajstić information content (AvgIpc) is 3.00. The molecule has 0 saturated carbocycles. The quantitative estimate of drug-likeness (QED) is 0.549. The van der Waals surface area contributed by atoms with Crippen LogP contribution in [0.2, 0.25) is 0 Å². The number of ether oxygens (including phenoxy) is 1. The second-order valence-corrected chi connectivity index (χ2v) is 5.96. The third-order valence-corrected chi connectivity index (χ3v) is 4.29. The molecule has 0 aliphatic carbocycles. The second kappa shape index (κ2) is 7.85. The summed E-state index contributed by atoms with van der Waals surface area (Å²) >= 11 is 0. The summed E-state index contributed by atoms with van der Waals surface area (Å²) in [6, 6.07) is 15.9. The van der Waals surface area contributed by atoms with Crippen molar-refractivity contribution in [1.82, 2.24) is 10.3 Å². The molecule has 1 aromatic heterocycles. The molecule has 5 heteroatoms. The number of nitrogens with one attached hydrogen (secondary N) is 2. The largest absolute Gasteiger partial charge is 0.497 e. The number of aryl methyl sites for hydroxylation is 1. The van der Waals surface area contributed by atoms with Gasteiger partial charge in [-0.15, -0.1) is 0 Å². The minimum Gasteiger partial charge on any atom is -0.497 e. The molecule has 0 amide bonds. The van der Waals surface area contributed by atoms with Gasteiger partial charge in [0, 0.05) is 23.6 Å². The molecule has 3 rings (SSSR count). The SMILES string of the molecule is COc1ccc2c(CNCCCc3ccccc3)c(C(=O)O)[nH]c2c1. The van der Waals surface area contributed by atoms with Gasteiger partial charge in [0.1, 0.15) is 11.4 Å². The molecule has 130 valence electrons. The number of aromatic amines is 1. The molecule has 0 fully saturated rings. The lowest BCUT2D eigenvalue weighted by Crippen LogP contribution is -2.17. The molecule has 0 spiro atoms. The van der Waals surface area contributed by atoms with Gasteiger partial charge in [0.05, 0.1) is 12.6 Å². The Bertz CT molecular complexity index is 856. The molecule has 3 aromatic rings. The first kappa shape index (κ1) is 17.0. The fourth-order valence-corrected chi connectivity index (χ4v) is 3.00. The Balaban J connectivity index is 1.65. The van der Waals surface area contributed by atoms with E-state index in [4.69, 9.17) is 4.74 Å². The Morgan fingerprint density at radius 3 is 2.72 bits per heavy atom. The minimum atomic E-state index is -0.948. The van der Waals surface area contributed by atoms with Crippen LogP contribution in [0.15, 0.2) is 48.5 Å². The summed E-state index contributed by atoms with van der Waals surface area (Å²) in [6.45, 7) is 1.35. The summed E-state index contributed by atoms with van der Waals surface area (Å²) in [5.74, 6) is -0.246. The fourth-order valence-electron chi connectivity index (χ4n) is 3.00. The molecule has 3 N–H and O–H groups in total. The van der Waals surface area contributed by atoms with Crippen LogP contribution in [0.25, 0.3) is 10.9 Å². The van der Waals surface area contributed by atoms with Gasteiger partial charge in [-0.25, -0.2) is 4.79 Å². The van der Waals surface area contributed by atoms with E-state index in [9.17, 15) is 9.90 Å². The summed E-state index contributed by atoms with van der Waals surface area (Å²) in [4.78, 5) is 14.5. The number of carboxylic acid groups (broad SMARTS) is 1. The first-order valence-corrected chi connectivity index (χ1v) is 8.35. The summed E-state index contributed by atoms with van der Waals surface area (Å²) in [5.41, 5.74) is 3.11. The molecular formula is C20H22N2O3. The van der Waals surface area contributed by atoms with Crippen LogP contribution in [-0.2, 0) is 13.0 Å². The van der Waals surface area contributed by atoms with E-state index in [2.05, 4.69) is 22.4 Å². The molecule has 5 nitrogen and oxygen atoms in total. The van der Waals surface area contributed by atoms with Crippen molar-refractivity contribution in [3.8, 4) is 5.75 Å². The van der Waals surface area contributed by atoms with E-state index >= 15 is 0 Å². The highest BCUT2D eigenvalue weighted by Crippen LogP contribution is 2.26. The van der Waals surface area contributed by atoms with Crippen molar-refractivity contribution in [2.24, 2.45) is 0 Å². The van der Waals surface area contributed by atoms with E-state index in [0.29, 0.717) is 12.3 Å². The monoisotopic (exact) mass is 338 g/mol. The molecule has 0 unspecified atom stereocenters. The van der Waals surface area contributed by atoms with E-state index < -0.39 is 5.97 Å². The van der Waals surface area contributed by atoms with Crippen LogP contribution < -0.4 is 10.1 Å². The van der Waals surface area contributed by atoms with E-state index in [0.717, 1.165) is 35.9 Å². The first-order chi connectivity index (χ1) is 12.2. The highest BCUT2D eigenvalue weighted by Gasteiger charge is 2.17. The van der Waals surface area contributed by atoms with Crippen LogP contribution in [0.3, 0.4) is 0 Å². The van der Waals surface area contributed by atoms with Gasteiger partial charge >= 0.3 is 5.97 Å². The normalized spacial score (nSPS) is 10.9. The lowest BCUT2D eigenvalue weighted by molar-refractivity contribution is 0.0690. The highest BCUT2D eigenvalue weighted by molar-refractivity contribution is 5.97. The highest BCUT2D eigenvalue weighted by atomic mass is 16.5. The molecule has 0 aliphatic heterocycles. The maximum Gasteiger partial charge on any atom is 0.352 e. The van der Waals surface area contributed by atoms with Gasteiger partial charge in [-0.05, 0) is 37.1 Å². The molecular weight excluding hydrogens is 316 g/mol. The van der Waals surface area contributed by atoms with E-state index in [-0.39, 0.29) is 5.69 Å². The Hall–Kier alpha value is -2.79. The topological polar surface area (TPSA) is 74.3 Å². The zero-order chi connectivity index (χ0) is 17.6. The number of aromatic nitrogens is 1. The maximum absolute atomic E-state index is 11.5. The van der Waals surface area contributed by atoms with Gasteiger partial charge in [-0.3, -0.25) is 0 Å². The third-order valence-electron chi connectivity index (χ3n) is 4.29. The van der Waals surface area contributed by atoms with Crippen molar-refractivity contribution in [3.63, 3.8) is 0 Å². The Kier molecular flexibility index (Phi) is 5.36. The number of carboxylic acids is 1. The Morgan fingerprint density at radius 2 is 2.00 bits per heavy atom. The maximum atomic E-state index is 11.5. The minimum absolute atomic E-state index is 0.235. The summed E-state index contributed by atoms with van der Waals surface area (Å²) in [7, 11) is 1.59. The average molecular weight is 338 g/mol. The van der Waals surface area contributed by atoms with Crippen molar-refractivity contribution < 1.29 is 14.6 Å². The van der Waals surface area contributed by atoms with Crippen molar-refractivity contribution in [2.75, 3.05) is 13.7 Å². The smallest absolute Gasteiger partial charge is 0.352 e. The molecule has 0 aliphatic rings. The number of aromatic carboxylic acids is 1. The summed E-state index contributed by atoms with van der Waals surface area (Å²) in [6.07, 6.45) is 2.01. The lowest BCUT2D eigenvalue weighted by atomic mass is 10.1. The zero-order valence-corrected chi connectivity index (χ0v) is 14.2. The van der Waals surface area contributed by atoms with Gasteiger partial charge in [0.15, 0.2) is 0 Å². The number of hydrogen-bond acceptors (Lipinski definition) is 3. The number of fused-ring (bicyclic) bond motifs is 1. The summed E-state index contributed by atoms with van der Waals surface area (Å²) < 4.78 is 5.20. The number of carbonyl (C=O) groups is 1. The first-order valence-electron chi connectivity index (χ1n) is 8.35. The van der Waals surface area contributed by atoms with Crippen molar-refractivity contribution in [2.45, 2.75) is 19.4 Å². The zero-order valence-electron chi connectivity index (χ0n) is 14.2. The number of hydrogen-bond donors (Lipinski definition) is 3. The van der Waals surface area contributed by atoms with Crippen LogP contribution in [0, 0.1) is 0 Å². The lowest BCUT2D eigenvalue weighted by Gasteiger charge is -2.06. The second-order valence-electron chi connectivity index (χ2n) is 5.96. The predicted octanol–water partition coefficient (Wildman–Crippen LogP) is 3.60. The standard InChI is InChI=1S/C20H22N2O3/c1-25-15-9-10-16-17(19(20(23)24)22-18(16)12-15)13-21-11-5-8-14-6-3-2-4-7-14/h2-4,6-7,9-10,12,21-22H,5,8,11,13H2,1H3,(H,23,24). The van der Waals surface area contributed by atoms with Crippen LogP contribution >= 0.6 is 0 Å². The molecule has 2 aromatic carbocycles. The number of benzene rings is 2. The van der Waals surface area contributed by atoms with Crippen LogP contribution in [0.1, 0.15) is 28.0 Å². The van der Waals surface area contributed by atoms with Crippen molar-refractivity contribution >= 4 is 16.9 Å². The Labute approximate surface area is 146 Å². The molecule has 1 heterocycles. The summed E-state index contributed by atoms with van der Waals surface area (Å²) in [5, 5.41) is 13.7. The Morgan fingerprint density at radius 1 is 1.20 bits per heavy atom. The van der Waals surface area contributed by atoms with Crippen molar-refractivity contribution in [1.29, 1.82) is 0 Å². The van der Waals surface area contributed by atoms with Crippen molar-refractivity contribution in [3.05, 3.63) is 65.4 Å². The van der Waals surface area contributed by atoms with Gasteiger partial charge < -0.3 is 20.1 Å². The predicted molar refractivity (Wildman–Crippen MR) is 98.3 cm³/mol. The van der Waals surface area contributed by atoms with Crippen LogP contribution in [0.5, 0.6) is 5.75 Å². The number of rotatable bonds is 8. The van der Waals surface area contributed by atoms with E-state index in [1.54, 1.807) is 7.11 Å². The molecule has 0 atom stereocenters. The number of methoxy groups -OCH3 is 1. The molecule has 0 bridgehead atoms. The van der Waals surface area contributed by atoms with Gasteiger partial charge in [0.25, 0.3) is 0 Å². The fraction of sp³-hybridized carbons (Fsp3) is 0.250. The van der Waals surface area contributed by atoms with E-state index in [1.165, 1.54) is 5.56 Å². The van der Waals surface area contributed by atoms with Crippen LogP contribution in [-0.4, -0.2) is 29.7 Å². The van der Waals surface area contributed by atoms with Gasteiger partial charge in [-0.1, -0.05) is 30.3 Å². The van der Waals surface area contributed by atoms with Crippen LogP contribution in [0.4, 0.5) is 0 Å².